The molecule has 0 aliphatic carbocycles. The van der Waals surface area contributed by atoms with Crippen LogP contribution >= 0.6 is 0 Å². The molecule has 106 valence electrons. The zero-order valence-electron chi connectivity index (χ0n) is 11.8. The zero-order chi connectivity index (χ0) is 14.3. The summed E-state index contributed by atoms with van der Waals surface area (Å²) in [4.78, 5) is 4.29. The van der Waals surface area contributed by atoms with E-state index in [2.05, 4.69) is 33.7 Å². The van der Waals surface area contributed by atoms with Gasteiger partial charge in [-0.25, -0.2) is 0 Å². The number of hydrogen-bond donors (Lipinski definition) is 1. The van der Waals surface area contributed by atoms with Crippen LogP contribution in [0.25, 0.3) is 0 Å². The molecule has 0 radical (unpaired) electrons. The number of aromatic nitrogens is 3. The van der Waals surface area contributed by atoms with Crippen LogP contribution in [0.2, 0.25) is 0 Å². The van der Waals surface area contributed by atoms with E-state index in [-0.39, 0.29) is 0 Å². The summed E-state index contributed by atoms with van der Waals surface area (Å²) in [7, 11) is 0. The predicted octanol–water partition coefficient (Wildman–Crippen LogP) is 2.62. The SMILES string of the molecule is c1ccc(Cn2cc(CNCc3ccccn3)cn2)cc1. The van der Waals surface area contributed by atoms with Crippen LogP contribution in [0.3, 0.4) is 0 Å². The molecule has 0 aliphatic heterocycles. The highest BCUT2D eigenvalue weighted by Gasteiger charge is 2.00. The van der Waals surface area contributed by atoms with E-state index in [1.54, 1.807) is 0 Å². The van der Waals surface area contributed by atoms with Gasteiger partial charge in [0.05, 0.1) is 18.4 Å². The molecule has 0 atom stereocenters. The van der Waals surface area contributed by atoms with Crippen molar-refractivity contribution in [3.63, 3.8) is 0 Å². The Morgan fingerprint density at radius 3 is 2.57 bits per heavy atom. The largest absolute Gasteiger partial charge is 0.307 e. The number of nitrogens with one attached hydrogen (secondary N) is 1. The third-order valence-electron chi connectivity index (χ3n) is 3.24. The lowest BCUT2D eigenvalue weighted by Crippen LogP contribution is -2.13. The van der Waals surface area contributed by atoms with E-state index in [1.165, 1.54) is 11.1 Å². The smallest absolute Gasteiger partial charge is 0.0659 e. The summed E-state index contributed by atoms with van der Waals surface area (Å²) in [5, 5.41) is 7.78. The molecule has 2 aromatic heterocycles. The first-order valence-electron chi connectivity index (χ1n) is 7.06. The van der Waals surface area contributed by atoms with Gasteiger partial charge in [-0.3, -0.25) is 9.67 Å². The fraction of sp³-hybridized carbons (Fsp3) is 0.176. The predicted molar refractivity (Wildman–Crippen MR) is 82.6 cm³/mol. The van der Waals surface area contributed by atoms with Crippen molar-refractivity contribution in [3.05, 3.63) is 83.9 Å². The maximum atomic E-state index is 4.40. The number of pyridine rings is 1. The molecule has 3 rings (SSSR count). The average Bonchev–Trinajstić information content (AvgIpc) is 2.97. The molecule has 1 N–H and O–H groups in total. The Labute approximate surface area is 124 Å². The summed E-state index contributed by atoms with van der Waals surface area (Å²) in [6, 6.07) is 16.3. The topological polar surface area (TPSA) is 42.7 Å². The van der Waals surface area contributed by atoms with Crippen LogP contribution in [0.1, 0.15) is 16.8 Å². The minimum absolute atomic E-state index is 0.769. The van der Waals surface area contributed by atoms with Crippen molar-refractivity contribution in [2.45, 2.75) is 19.6 Å². The Morgan fingerprint density at radius 1 is 0.905 bits per heavy atom. The quantitative estimate of drug-likeness (QED) is 0.753. The second kappa shape index (κ2) is 6.81. The van der Waals surface area contributed by atoms with E-state index < -0.39 is 0 Å². The number of rotatable bonds is 6. The molecule has 4 nitrogen and oxygen atoms in total. The van der Waals surface area contributed by atoms with Gasteiger partial charge in [-0.05, 0) is 17.7 Å². The molecule has 21 heavy (non-hydrogen) atoms. The first kappa shape index (κ1) is 13.5. The van der Waals surface area contributed by atoms with Gasteiger partial charge in [0.15, 0.2) is 0 Å². The maximum absolute atomic E-state index is 4.40. The van der Waals surface area contributed by atoms with E-state index in [9.17, 15) is 0 Å². The summed E-state index contributed by atoms with van der Waals surface area (Å²) in [5.74, 6) is 0. The monoisotopic (exact) mass is 278 g/mol. The molecule has 0 aliphatic rings. The Hall–Kier alpha value is -2.46. The van der Waals surface area contributed by atoms with Gasteiger partial charge in [-0.1, -0.05) is 36.4 Å². The molecule has 0 bridgehead atoms. The molecular weight excluding hydrogens is 260 g/mol. The molecule has 0 saturated carbocycles. The molecule has 0 spiro atoms. The van der Waals surface area contributed by atoms with E-state index in [0.717, 1.165) is 25.3 Å². The second-order valence-corrected chi connectivity index (χ2v) is 4.96. The summed E-state index contributed by atoms with van der Waals surface area (Å²) >= 11 is 0. The summed E-state index contributed by atoms with van der Waals surface area (Å²) in [5.41, 5.74) is 3.49. The van der Waals surface area contributed by atoms with Gasteiger partial charge in [0.1, 0.15) is 0 Å². The van der Waals surface area contributed by atoms with Crippen LogP contribution < -0.4 is 5.32 Å². The molecule has 0 saturated heterocycles. The highest BCUT2D eigenvalue weighted by molar-refractivity contribution is 5.15. The molecule has 0 amide bonds. The maximum Gasteiger partial charge on any atom is 0.0659 e. The van der Waals surface area contributed by atoms with Crippen molar-refractivity contribution < 1.29 is 0 Å². The van der Waals surface area contributed by atoms with Crippen molar-refractivity contribution in [1.29, 1.82) is 0 Å². The zero-order valence-corrected chi connectivity index (χ0v) is 11.8. The summed E-state index contributed by atoms with van der Waals surface area (Å²) < 4.78 is 1.97. The van der Waals surface area contributed by atoms with Gasteiger partial charge >= 0.3 is 0 Å². The fourth-order valence-electron chi connectivity index (χ4n) is 2.19. The van der Waals surface area contributed by atoms with Gasteiger partial charge in [0.25, 0.3) is 0 Å². The van der Waals surface area contributed by atoms with E-state index in [1.807, 2.05) is 53.5 Å². The average molecular weight is 278 g/mol. The fourth-order valence-corrected chi connectivity index (χ4v) is 2.19. The first-order valence-corrected chi connectivity index (χ1v) is 7.06. The molecule has 4 heteroatoms. The third kappa shape index (κ3) is 4.00. The molecular formula is C17H18N4. The normalized spacial score (nSPS) is 10.7. The van der Waals surface area contributed by atoms with E-state index in [4.69, 9.17) is 0 Å². The highest BCUT2D eigenvalue weighted by atomic mass is 15.3. The van der Waals surface area contributed by atoms with Crippen LogP contribution in [0.4, 0.5) is 0 Å². The van der Waals surface area contributed by atoms with Gasteiger partial charge in [0.2, 0.25) is 0 Å². The highest BCUT2D eigenvalue weighted by Crippen LogP contribution is 2.04. The lowest BCUT2D eigenvalue weighted by Gasteiger charge is -2.02. The van der Waals surface area contributed by atoms with E-state index in [0.29, 0.717) is 0 Å². The Kier molecular flexibility index (Phi) is 4.39. The lowest BCUT2D eigenvalue weighted by atomic mass is 10.2. The summed E-state index contributed by atoms with van der Waals surface area (Å²) in [6.45, 7) is 2.37. The van der Waals surface area contributed by atoms with Crippen molar-refractivity contribution >= 4 is 0 Å². The molecule has 0 unspecified atom stereocenters. The Balaban J connectivity index is 1.51. The van der Waals surface area contributed by atoms with Gasteiger partial charge in [-0.15, -0.1) is 0 Å². The van der Waals surface area contributed by atoms with Crippen LogP contribution in [0, 0.1) is 0 Å². The molecule has 3 aromatic rings. The summed E-state index contributed by atoms with van der Waals surface area (Å²) in [6.07, 6.45) is 5.81. The van der Waals surface area contributed by atoms with Crippen LogP contribution in [-0.4, -0.2) is 14.8 Å². The molecule has 0 fully saturated rings. The van der Waals surface area contributed by atoms with Crippen LogP contribution in [0.15, 0.2) is 67.1 Å². The standard InChI is InChI=1S/C17H18N4/c1-2-6-15(7-3-1)13-21-14-16(11-20-21)10-18-12-17-8-4-5-9-19-17/h1-9,11,14,18H,10,12-13H2. The van der Waals surface area contributed by atoms with Gasteiger partial charge in [-0.2, -0.15) is 5.10 Å². The van der Waals surface area contributed by atoms with Gasteiger partial charge < -0.3 is 5.32 Å². The minimum Gasteiger partial charge on any atom is -0.307 e. The Morgan fingerprint density at radius 2 is 1.76 bits per heavy atom. The van der Waals surface area contributed by atoms with Crippen molar-refractivity contribution in [2.24, 2.45) is 0 Å². The Bertz CT molecular complexity index is 662. The van der Waals surface area contributed by atoms with Crippen LogP contribution in [-0.2, 0) is 19.6 Å². The number of nitrogens with zero attached hydrogens (tertiary/aromatic N) is 3. The molecule has 1 aromatic carbocycles. The number of hydrogen-bond acceptors (Lipinski definition) is 3. The first-order chi connectivity index (χ1) is 10.4. The minimum atomic E-state index is 0.769. The lowest BCUT2D eigenvalue weighted by molar-refractivity contribution is 0.671. The number of benzene rings is 1. The van der Waals surface area contributed by atoms with Crippen molar-refractivity contribution in [3.8, 4) is 0 Å². The van der Waals surface area contributed by atoms with Crippen molar-refractivity contribution in [2.75, 3.05) is 0 Å². The molecule has 2 heterocycles. The van der Waals surface area contributed by atoms with Crippen LogP contribution in [0.5, 0.6) is 0 Å². The van der Waals surface area contributed by atoms with Crippen molar-refractivity contribution in [1.82, 2.24) is 20.1 Å². The third-order valence-corrected chi connectivity index (χ3v) is 3.24. The van der Waals surface area contributed by atoms with Gasteiger partial charge in [0, 0.05) is 31.0 Å². The van der Waals surface area contributed by atoms with E-state index >= 15 is 0 Å². The second-order valence-electron chi connectivity index (χ2n) is 4.96.